The molecule has 1 heterocycles. The van der Waals surface area contributed by atoms with Crippen LogP contribution in [0.5, 0.6) is 5.88 Å². The number of hydrogen-bond acceptors (Lipinski definition) is 4. The van der Waals surface area contributed by atoms with E-state index in [2.05, 4.69) is 17.1 Å². The van der Waals surface area contributed by atoms with Gasteiger partial charge in [-0.2, -0.15) is 5.10 Å². The number of nitrogens with two attached hydrogens (primary N) is 1. The molecule has 0 radical (unpaired) electrons. The molecule has 2 N–H and O–H groups in total. The van der Waals surface area contributed by atoms with E-state index < -0.39 is 0 Å². The van der Waals surface area contributed by atoms with Crippen LogP contribution in [0, 0.1) is 5.92 Å². The fourth-order valence-corrected chi connectivity index (χ4v) is 2.24. The third-order valence-electron chi connectivity index (χ3n) is 3.15. The van der Waals surface area contributed by atoms with Crippen molar-refractivity contribution in [2.24, 2.45) is 11.7 Å². The lowest BCUT2D eigenvalue weighted by Crippen LogP contribution is -2.25. The van der Waals surface area contributed by atoms with Gasteiger partial charge in [0.2, 0.25) is 5.88 Å². The fraction of sp³-hybridized carbons (Fsp3) is 0.667. The largest absolute Gasteiger partial charge is 0.473 e. The molecule has 4 heteroatoms. The lowest BCUT2D eigenvalue weighted by atomic mass is 9.89. The van der Waals surface area contributed by atoms with Gasteiger partial charge in [0.15, 0.2) is 0 Å². The average molecular weight is 221 g/mol. The van der Waals surface area contributed by atoms with Crippen molar-refractivity contribution in [3.63, 3.8) is 0 Å². The second kappa shape index (κ2) is 5.25. The predicted octanol–water partition coefficient (Wildman–Crippen LogP) is 1.89. The molecule has 88 valence electrons. The molecule has 1 fully saturated rings. The van der Waals surface area contributed by atoms with Crippen molar-refractivity contribution in [1.82, 2.24) is 10.2 Å². The molecule has 2 rings (SSSR count). The van der Waals surface area contributed by atoms with E-state index >= 15 is 0 Å². The Labute approximate surface area is 96.2 Å². The molecule has 4 nitrogen and oxygen atoms in total. The maximum absolute atomic E-state index is 5.89. The van der Waals surface area contributed by atoms with E-state index in [0.717, 1.165) is 24.3 Å². The van der Waals surface area contributed by atoms with Gasteiger partial charge in [0.25, 0.3) is 0 Å². The zero-order valence-corrected chi connectivity index (χ0v) is 9.72. The molecule has 1 aromatic heterocycles. The summed E-state index contributed by atoms with van der Waals surface area (Å²) in [5.41, 5.74) is 6.57. The Morgan fingerprint density at radius 1 is 1.50 bits per heavy atom. The Kier molecular flexibility index (Phi) is 3.72. The highest BCUT2D eigenvalue weighted by Crippen LogP contribution is 2.27. The monoisotopic (exact) mass is 221 g/mol. The fourth-order valence-electron chi connectivity index (χ4n) is 2.24. The standard InChI is InChI=1S/C12H19N3O/c1-9-3-2-4-11(7-9)16-12-10(8-13)5-6-14-15-12/h5-6,9,11H,2-4,7-8,13H2,1H3. The molecule has 0 aliphatic heterocycles. The summed E-state index contributed by atoms with van der Waals surface area (Å²) in [6.45, 7) is 2.73. The minimum Gasteiger partial charge on any atom is -0.473 e. The van der Waals surface area contributed by atoms with Gasteiger partial charge in [-0.3, -0.25) is 0 Å². The average Bonchev–Trinajstić information content (AvgIpc) is 2.30. The summed E-state index contributed by atoms with van der Waals surface area (Å²) >= 11 is 0. The first-order chi connectivity index (χ1) is 7.79. The molecule has 0 saturated heterocycles. The molecule has 16 heavy (non-hydrogen) atoms. The Morgan fingerprint density at radius 3 is 3.12 bits per heavy atom. The first kappa shape index (κ1) is 11.3. The van der Waals surface area contributed by atoms with Gasteiger partial charge in [-0.15, -0.1) is 5.10 Å². The second-order valence-corrected chi connectivity index (χ2v) is 4.58. The molecule has 1 aromatic rings. The van der Waals surface area contributed by atoms with Crippen LogP contribution >= 0.6 is 0 Å². The third-order valence-corrected chi connectivity index (χ3v) is 3.15. The summed E-state index contributed by atoms with van der Waals surface area (Å²) in [7, 11) is 0. The first-order valence-corrected chi connectivity index (χ1v) is 5.97. The predicted molar refractivity (Wildman–Crippen MR) is 62.0 cm³/mol. The van der Waals surface area contributed by atoms with Crippen molar-refractivity contribution in [2.75, 3.05) is 0 Å². The summed E-state index contributed by atoms with van der Waals surface area (Å²) in [6.07, 6.45) is 6.71. The molecule has 0 amide bonds. The lowest BCUT2D eigenvalue weighted by molar-refractivity contribution is 0.121. The number of rotatable bonds is 3. The minimum atomic E-state index is 0.283. The van der Waals surface area contributed by atoms with Crippen LogP contribution in [0.1, 0.15) is 38.2 Å². The summed E-state index contributed by atoms with van der Waals surface area (Å²) < 4.78 is 5.89. The molecule has 0 bridgehead atoms. The van der Waals surface area contributed by atoms with E-state index in [1.54, 1.807) is 6.20 Å². The Bertz CT molecular complexity index is 343. The van der Waals surface area contributed by atoms with Crippen molar-refractivity contribution in [1.29, 1.82) is 0 Å². The molecule has 0 spiro atoms. The van der Waals surface area contributed by atoms with Crippen LogP contribution < -0.4 is 10.5 Å². The first-order valence-electron chi connectivity index (χ1n) is 5.97. The van der Waals surface area contributed by atoms with E-state index in [1.165, 1.54) is 12.8 Å². The van der Waals surface area contributed by atoms with E-state index in [4.69, 9.17) is 10.5 Å². The lowest BCUT2D eigenvalue weighted by Gasteiger charge is -2.27. The minimum absolute atomic E-state index is 0.283. The molecule has 1 aliphatic carbocycles. The van der Waals surface area contributed by atoms with Crippen LogP contribution in [0.4, 0.5) is 0 Å². The van der Waals surface area contributed by atoms with E-state index in [9.17, 15) is 0 Å². The summed E-state index contributed by atoms with van der Waals surface area (Å²) in [5.74, 6) is 1.36. The number of hydrogen-bond donors (Lipinski definition) is 1. The number of nitrogens with zero attached hydrogens (tertiary/aromatic N) is 2. The highest BCUT2D eigenvalue weighted by molar-refractivity contribution is 5.23. The SMILES string of the molecule is CC1CCCC(Oc2nnccc2CN)C1. The summed E-state index contributed by atoms with van der Waals surface area (Å²) in [5, 5.41) is 7.86. The van der Waals surface area contributed by atoms with E-state index in [-0.39, 0.29) is 6.10 Å². The number of ether oxygens (including phenoxy) is 1. The summed E-state index contributed by atoms with van der Waals surface area (Å²) in [4.78, 5) is 0. The van der Waals surface area contributed by atoms with Crippen LogP contribution in [0.2, 0.25) is 0 Å². The molecule has 2 atom stereocenters. The van der Waals surface area contributed by atoms with Gasteiger partial charge in [0.1, 0.15) is 6.10 Å². The van der Waals surface area contributed by atoms with Crippen LogP contribution in [-0.2, 0) is 6.54 Å². The van der Waals surface area contributed by atoms with E-state index in [0.29, 0.717) is 12.4 Å². The maximum atomic E-state index is 5.89. The van der Waals surface area contributed by atoms with Gasteiger partial charge < -0.3 is 10.5 Å². The van der Waals surface area contributed by atoms with Crippen LogP contribution in [0.3, 0.4) is 0 Å². The Balaban J connectivity index is 2.02. The van der Waals surface area contributed by atoms with Crippen LogP contribution in [0.15, 0.2) is 12.3 Å². The topological polar surface area (TPSA) is 61.0 Å². The van der Waals surface area contributed by atoms with Crippen molar-refractivity contribution >= 4 is 0 Å². The van der Waals surface area contributed by atoms with Gasteiger partial charge in [-0.05, 0) is 31.2 Å². The zero-order chi connectivity index (χ0) is 11.4. The summed E-state index contributed by atoms with van der Waals surface area (Å²) in [6, 6.07) is 1.87. The molecule has 0 aromatic carbocycles. The van der Waals surface area contributed by atoms with Crippen molar-refractivity contribution in [3.05, 3.63) is 17.8 Å². The van der Waals surface area contributed by atoms with Crippen LogP contribution in [-0.4, -0.2) is 16.3 Å². The molecular formula is C12H19N3O. The smallest absolute Gasteiger partial charge is 0.238 e. The molecule has 1 aliphatic rings. The van der Waals surface area contributed by atoms with Crippen molar-refractivity contribution in [2.45, 2.75) is 45.3 Å². The zero-order valence-electron chi connectivity index (χ0n) is 9.72. The molecule has 2 unspecified atom stereocenters. The molecule has 1 saturated carbocycles. The maximum Gasteiger partial charge on any atom is 0.238 e. The van der Waals surface area contributed by atoms with E-state index in [1.807, 2.05) is 6.07 Å². The molecular weight excluding hydrogens is 202 g/mol. The second-order valence-electron chi connectivity index (χ2n) is 4.58. The van der Waals surface area contributed by atoms with Crippen molar-refractivity contribution in [3.8, 4) is 5.88 Å². The third kappa shape index (κ3) is 2.70. The highest BCUT2D eigenvalue weighted by atomic mass is 16.5. The van der Waals surface area contributed by atoms with Crippen LogP contribution in [0.25, 0.3) is 0 Å². The van der Waals surface area contributed by atoms with Crippen molar-refractivity contribution < 1.29 is 4.74 Å². The number of aromatic nitrogens is 2. The van der Waals surface area contributed by atoms with Gasteiger partial charge in [-0.1, -0.05) is 13.3 Å². The van der Waals surface area contributed by atoms with Gasteiger partial charge in [0.05, 0.1) is 6.20 Å². The Hall–Kier alpha value is -1.16. The Morgan fingerprint density at radius 2 is 2.38 bits per heavy atom. The normalized spacial score (nSPS) is 25.4. The highest BCUT2D eigenvalue weighted by Gasteiger charge is 2.21. The van der Waals surface area contributed by atoms with Gasteiger partial charge in [-0.25, -0.2) is 0 Å². The van der Waals surface area contributed by atoms with Gasteiger partial charge in [0, 0.05) is 12.1 Å². The quantitative estimate of drug-likeness (QED) is 0.846. The van der Waals surface area contributed by atoms with Gasteiger partial charge >= 0.3 is 0 Å².